The predicted molar refractivity (Wildman–Crippen MR) is 68.1 cm³/mol. The van der Waals surface area contributed by atoms with Crippen LogP contribution in [0.25, 0.3) is 0 Å². The first-order chi connectivity index (χ1) is 8.75. The van der Waals surface area contributed by atoms with Crippen LogP contribution in [0.5, 0.6) is 0 Å². The topological polar surface area (TPSA) is 54.5 Å². The van der Waals surface area contributed by atoms with Gasteiger partial charge in [0.2, 0.25) is 5.91 Å². The first kappa shape index (κ1) is 13.0. The molecule has 1 aliphatic rings. The Balaban J connectivity index is 1.71. The summed E-state index contributed by atoms with van der Waals surface area (Å²) in [5, 5.41) is 3.15. The summed E-state index contributed by atoms with van der Waals surface area (Å²) in [6.07, 6.45) is 1.83. The van der Waals surface area contributed by atoms with Crippen molar-refractivity contribution in [1.82, 2.24) is 15.2 Å². The van der Waals surface area contributed by atoms with Crippen LogP contribution in [0.15, 0.2) is 18.3 Å². The highest BCUT2D eigenvalue weighted by atomic mass is 16.5. The molecule has 1 amide bonds. The van der Waals surface area contributed by atoms with Crippen molar-refractivity contribution in [2.24, 2.45) is 0 Å². The van der Waals surface area contributed by atoms with Gasteiger partial charge in [-0.3, -0.25) is 9.78 Å². The number of aryl methyl sites for hydroxylation is 1. The zero-order valence-electron chi connectivity index (χ0n) is 10.7. The first-order valence-electron chi connectivity index (χ1n) is 6.23. The Morgan fingerprint density at radius 1 is 1.44 bits per heavy atom. The van der Waals surface area contributed by atoms with Crippen molar-refractivity contribution >= 4 is 5.91 Å². The maximum atomic E-state index is 11.8. The molecule has 0 spiro atoms. The zero-order valence-corrected chi connectivity index (χ0v) is 10.7. The minimum Gasteiger partial charge on any atom is -0.378 e. The van der Waals surface area contributed by atoms with Crippen LogP contribution < -0.4 is 5.32 Å². The molecule has 0 bridgehead atoms. The zero-order chi connectivity index (χ0) is 12.8. The van der Waals surface area contributed by atoms with Gasteiger partial charge in [0, 0.05) is 31.5 Å². The molecular weight excluding hydrogens is 230 g/mol. The van der Waals surface area contributed by atoms with Crippen LogP contribution in [0.2, 0.25) is 0 Å². The molecule has 98 valence electrons. The van der Waals surface area contributed by atoms with Gasteiger partial charge in [0.1, 0.15) is 0 Å². The minimum atomic E-state index is 0.137. The molecule has 5 nitrogen and oxygen atoms in total. The van der Waals surface area contributed by atoms with Gasteiger partial charge in [0.15, 0.2) is 0 Å². The minimum absolute atomic E-state index is 0.137. The molecule has 0 unspecified atom stereocenters. The van der Waals surface area contributed by atoms with Gasteiger partial charge in [-0.2, -0.15) is 0 Å². The van der Waals surface area contributed by atoms with E-state index >= 15 is 0 Å². The van der Waals surface area contributed by atoms with Gasteiger partial charge in [-0.15, -0.1) is 0 Å². The number of hydrogen-bond donors (Lipinski definition) is 1. The summed E-state index contributed by atoms with van der Waals surface area (Å²) < 4.78 is 5.21. The molecule has 0 atom stereocenters. The van der Waals surface area contributed by atoms with Crippen molar-refractivity contribution in [1.29, 1.82) is 0 Å². The smallest absolute Gasteiger partial charge is 0.236 e. The van der Waals surface area contributed by atoms with Gasteiger partial charge in [-0.1, -0.05) is 6.07 Å². The first-order valence-corrected chi connectivity index (χ1v) is 6.23. The summed E-state index contributed by atoms with van der Waals surface area (Å²) >= 11 is 0. The fourth-order valence-electron chi connectivity index (χ4n) is 1.84. The Morgan fingerprint density at radius 3 is 2.89 bits per heavy atom. The molecule has 0 radical (unpaired) electrons. The van der Waals surface area contributed by atoms with Crippen molar-refractivity contribution in [2.75, 3.05) is 32.8 Å². The predicted octanol–water partition coefficient (Wildman–Crippen LogP) is 0.338. The molecule has 1 fully saturated rings. The lowest BCUT2D eigenvalue weighted by atomic mass is 10.2. The van der Waals surface area contributed by atoms with Crippen LogP contribution in [-0.2, 0) is 16.1 Å². The molecule has 5 heteroatoms. The van der Waals surface area contributed by atoms with Gasteiger partial charge < -0.3 is 15.0 Å². The maximum absolute atomic E-state index is 11.8. The van der Waals surface area contributed by atoms with Gasteiger partial charge >= 0.3 is 0 Å². The van der Waals surface area contributed by atoms with Crippen molar-refractivity contribution in [2.45, 2.75) is 13.5 Å². The molecule has 0 aliphatic carbocycles. The number of pyridine rings is 1. The number of morpholine rings is 1. The van der Waals surface area contributed by atoms with Crippen molar-refractivity contribution in [3.8, 4) is 0 Å². The summed E-state index contributed by atoms with van der Waals surface area (Å²) in [4.78, 5) is 17.9. The molecule has 1 aliphatic heterocycles. The Labute approximate surface area is 107 Å². The van der Waals surface area contributed by atoms with E-state index in [0.29, 0.717) is 39.4 Å². The van der Waals surface area contributed by atoms with E-state index in [1.54, 1.807) is 0 Å². The normalized spacial score (nSPS) is 15.7. The monoisotopic (exact) mass is 249 g/mol. The molecule has 0 aromatic carbocycles. The standard InChI is InChI=1S/C13H19N3O2/c1-11-2-3-12(9-15-11)8-14-10-13(17)16-4-6-18-7-5-16/h2-3,9,14H,4-8,10H2,1H3. The van der Waals surface area contributed by atoms with E-state index < -0.39 is 0 Å². The van der Waals surface area contributed by atoms with Gasteiger partial charge in [-0.25, -0.2) is 0 Å². The second-order valence-corrected chi connectivity index (χ2v) is 4.40. The lowest BCUT2D eigenvalue weighted by Gasteiger charge is -2.26. The highest BCUT2D eigenvalue weighted by Gasteiger charge is 2.15. The van der Waals surface area contributed by atoms with Gasteiger partial charge in [0.05, 0.1) is 19.8 Å². The van der Waals surface area contributed by atoms with Crippen LogP contribution in [0.3, 0.4) is 0 Å². The molecule has 2 rings (SSSR count). The number of hydrogen-bond acceptors (Lipinski definition) is 4. The van der Waals surface area contributed by atoms with Crippen LogP contribution in [-0.4, -0.2) is 48.6 Å². The SMILES string of the molecule is Cc1ccc(CNCC(=O)N2CCOCC2)cn1. The summed E-state index contributed by atoms with van der Waals surface area (Å²) in [5.41, 5.74) is 2.10. The van der Waals surface area contributed by atoms with Crippen molar-refractivity contribution in [3.05, 3.63) is 29.6 Å². The van der Waals surface area contributed by atoms with E-state index in [2.05, 4.69) is 10.3 Å². The van der Waals surface area contributed by atoms with Gasteiger partial charge in [0.25, 0.3) is 0 Å². The van der Waals surface area contributed by atoms with E-state index in [0.717, 1.165) is 11.3 Å². The summed E-state index contributed by atoms with van der Waals surface area (Å²) in [6, 6.07) is 4.00. The largest absolute Gasteiger partial charge is 0.378 e. The number of rotatable bonds is 4. The molecule has 1 N–H and O–H groups in total. The Morgan fingerprint density at radius 2 is 2.22 bits per heavy atom. The number of carbonyl (C=O) groups is 1. The summed E-state index contributed by atoms with van der Waals surface area (Å²) in [5.74, 6) is 0.137. The fraction of sp³-hybridized carbons (Fsp3) is 0.538. The number of nitrogens with one attached hydrogen (secondary N) is 1. The van der Waals surface area contributed by atoms with Crippen LogP contribution in [0.4, 0.5) is 0 Å². The van der Waals surface area contributed by atoms with Gasteiger partial charge in [-0.05, 0) is 18.6 Å². The van der Waals surface area contributed by atoms with E-state index in [4.69, 9.17) is 4.74 Å². The van der Waals surface area contributed by atoms with Crippen molar-refractivity contribution < 1.29 is 9.53 Å². The number of carbonyl (C=O) groups excluding carboxylic acids is 1. The summed E-state index contributed by atoms with van der Waals surface area (Å²) in [7, 11) is 0. The third-order valence-corrected chi connectivity index (χ3v) is 2.94. The van der Waals surface area contributed by atoms with E-state index in [-0.39, 0.29) is 5.91 Å². The third-order valence-electron chi connectivity index (χ3n) is 2.94. The molecule has 1 aromatic rings. The molecule has 2 heterocycles. The third kappa shape index (κ3) is 3.78. The number of ether oxygens (including phenoxy) is 1. The quantitative estimate of drug-likeness (QED) is 0.836. The van der Waals surface area contributed by atoms with Crippen LogP contribution in [0.1, 0.15) is 11.3 Å². The lowest BCUT2D eigenvalue weighted by molar-refractivity contribution is -0.134. The fourth-order valence-corrected chi connectivity index (χ4v) is 1.84. The average molecular weight is 249 g/mol. The van der Waals surface area contributed by atoms with Crippen molar-refractivity contribution in [3.63, 3.8) is 0 Å². The molecule has 0 saturated carbocycles. The second-order valence-electron chi connectivity index (χ2n) is 4.40. The van der Waals surface area contributed by atoms with E-state index in [1.807, 2.05) is 30.2 Å². The number of nitrogens with zero attached hydrogens (tertiary/aromatic N) is 2. The van der Waals surface area contributed by atoms with Crippen LogP contribution >= 0.6 is 0 Å². The Hall–Kier alpha value is -1.46. The molecule has 1 aromatic heterocycles. The Bertz CT molecular complexity index is 386. The highest BCUT2D eigenvalue weighted by Crippen LogP contribution is 1.99. The molecular formula is C13H19N3O2. The second kappa shape index (κ2) is 6.47. The summed E-state index contributed by atoms with van der Waals surface area (Å²) in [6.45, 7) is 5.69. The highest BCUT2D eigenvalue weighted by molar-refractivity contribution is 5.78. The maximum Gasteiger partial charge on any atom is 0.236 e. The number of amides is 1. The molecule has 1 saturated heterocycles. The average Bonchev–Trinajstić information content (AvgIpc) is 2.42. The van der Waals surface area contributed by atoms with E-state index in [1.165, 1.54) is 0 Å². The lowest BCUT2D eigenvalue weighted by Crippen LogP contribution is -2.44. The molecule has 18 heavy (non-hydrogen) atoms. The number of aromatic nitrogens is 1. The van der Waals surface area contributed by atoms with Crippen LogP contribution in [0, 0.1) is 6.92 Å². The van der Waals surface area contributed by atoms with E-state index in [9.17, 15) is 4.79 Å². The Kier molecular flexibility index (Phi) is 4.66.